The first kappa shape index (κ1) is 19.2. The summed E-state index contributed by atoms with van der Waals surface area (Å²) in [7, 11) is 0. The fraction of sp³-hybridized carbons (Fsp3) is 0.238. The van der Waals surface area contributed by atoms with Gasteiger partial charge in [-0.3, -0.25) is 4.40 Å². The average Bonchev–Trinajstić information content (AvgIpc) is 3.09. The van der Waals surface area contributed by atoms with Crippen LogP contribution in [0.25, 0.3) is 27.8 Å². The van der Waals surface area contributed by atoms with E-state index in [9.17, 15) is 13.2 Å². The molecule has 0 amide bonds. The van der Waals surface area contributed by atoms with Crippen LogP contribution in [0, 0.1) is 6.92 Å². The normalized spacial score (nSPS) is 12.0. The lowest BCUT2D eigenvalue weighted by atomic mass is 9.99. The molecule has 0 aliphatic carbocycles. The highest BCUT2D eigenvalue weighted by molar-refractivity contribution is 5.87. The smallest absolute Gasteiger partial charge is 0.396 e. The lowest BCUT2D eigenvalue weighted by Gasteiger charge is -2.14. The molecule has 0 aliphatic rings. The average molecular weight is 400 g/mol. The number of fused-ring (bicyclic) bond motifs is 3. The number of benzene rings is 2. The number of anilines is 1. The van der Waals surface area contributed by atoms with Gasteiger partial charge in [0.2, 0.25) is 0 Å². The van der Waals surface area contributed by atoms with Crippen molar-refractivity contribution in [1.82, 2.24) is 14.4 Å². The van der Waals surface area contributed by atoms with Crippen molar-refractivity contribution in [2.24, 2.45) is 0 Å². The maximum absolute atomic E-state index is 13.4. The maximum atomic E-state index is 13.4. The number of aliphatic hydroxyl groups excluding tert-OH is 1. The zero-order valence-electron chi connectivity index (χ0n) is 15.7. The van der Waals surface area contributed by atoms with Crippen molar-refractivity contribution in [3.8, 4) is 11.1 Å². The second kappa shape index (κ2) is 7.36. The zero-order chi connectivity index (χ0) is 20.6. The van der Waals surface area contributed by atoms with E-state index < -0.39 is 11.7 Å². The number of imidazole rings is 1. The quantitative estimate of drug-likeness (QED) is 0.478. The molecule has 0 radical (unpaired) electrons. The third-order valence-electron chi connectivity index (χ3n) is 4.77. The number of nitrogens with zero attached hydrogens (tertiary/aromatic N) is 3. The summed E-state index contributed by atoms with van der Waals surface area (Å²) in [5, 5.41) is 12.2. The molecule has 0 atom stereocenters. The van der Waals surface area contributed by atoms with Gasteiger partial charge in [0, 0.05) is 25.0 Å². The van der Waals surface area contributed by atoms with Crippen LogP contribution >= 0.6 is 0 Å². The maximum Gasteiger partial charge on any atom is 0.417 e. The molecule has 2 aromatic carbocycles. The summed E-state index contributed by atoms with van der Waals surface area (Å²) >= 11 is 0. The van der Waals surface area contributed by atoms with Gasteiger partial charge in [-0.1, -0.05) is 24.3 Å². The number of aryl methyl sites for hydroxylation is 1. The molecule has 0 unspecified atom stereocenters. The Kier molecular flexibility index (Phi) is 4.87. The molecule has 0 spiro atoms. The minimum atomic E-state index is -4.44. The molecule has 4 aromatic rings. The minimum Gasteiger partial charge on any atom is -0.396 e. The van der Waals surface area contributed by atoms with Crippen molar-refractivity contribution in [2.75, 3.05) is 18.5 Å². The molecule has 150 valence electrons. The molecule has 5 nitrogen and oxygen atoms in total. The number of rotatable bonds is 5. The largest absolute Gasteiger partial charge is 0.417 e. The summed E-state index contributed by atoms with van der Waals surface area (Å²) in [5.74, 6) is 0.528. The third-order valence-corrected chi connectivity index (χ3v) is 4.77. The van der Waals surface area contributed by atoms with Crippen LogP contribution in [-0.4, -0.2) is 32.6 Å². The summed E-state index contributed by atoms with van der Waals surface area (Å²) in [6.45, 7) is 2.46. The first-order valence-corrected chi connectivity index (χ1v) is 9.19. The van der Waals surface area contributed by atoms with Gasteiger partial charge in [0.15, 0.2) is 11.5 Å². The van der Waals surface area contributed by atoms with Crippen LogP contribution in [0.1, 0.15) is 17.7 Å². The molecule has 2 heterocycles. The molecule has 0 saturated carbocycles. The second-order valence-electron chi connectivity index (χ2n) is 6.77. The van der Waals surface area contributed by atoms with Gasteiger partial charge in [-0.2, -0.15) is 13.2 Å². The van der Waals surface area contributed by atoms with Crippen LogP contribution in [0.3, 0.4) is 0 Å². The summed E-state index contributed by atoms with van der Waals surface area (Å²) in [6, 6.07) is 10.6. The van der Waals surface area contributed by atoms with Crippen LogP contribution in [-0.2, 0) is 6.18 Å². The van der Waals surface area contributed by atoms with Gasteiger partial charge in [0.05, 0.1) is 16.6 Å². The van der Waals surface area contributed by atoms with Gasteiger partial charge >= 0.3 is 6.18 Å². The number of hydrogen-bond acceptors (Lipinski definition) is 4. The predicted octanol–water partition coefficient (Wildman–Crippen LogP) is 4.67. The minimum absolute atomic E-state index is 0.0444. The number of hydrogen-bond donors (Lipinski definition) is 2. The van der Waals surface area contributed by atoms with Crippen molar-refractivity contribution in [1.29, 1.82) is 0 Å². The fourth-order valence-electron chi connectivity index (χ4n) is 3.43. The van der Waals surface area contributed by atoms with Crippen molar-refractivity contribution in [3.63, 3.8) is 0 Å². The number of alkyl halides is 3. The van der Waals surface area contributed by atoms with E-state index in [0.29, 0.717) is 35.5 Å². The second-order valence-corrected chi connectivity index (χ2v) is 6.77. The van der Waals surface area contributed by atoms with Crippen LogP contribution in [0.4, 0.5) is 19.0 Å². The topological polar surface area (TPSA) is 62.5 Å². The van der Waals surface area contributed by atoms with Gasteiger partial charge in [-0.15, -0.1) is 0 Å². The van der Waals surface area contributed by atoms with E-state index in [-0.39, 0.29) is 12.2 Å². The van der Waals surface area contributed by atoms with Crippen molar-refractivity contribution in [3.05, 3.63) is 59.9 Å². The van der Waals surface area contributed by atoms with E-state index in [2.05, 4.69) is 15.3 Å². The highest BCUT2D eigenvalue weighted by atomic mass is 19.4. The van der Waals surface area contributed by atoms with Crippen LogP contribution in [0.5, 0.6) is 0 Å². The monoisotopic (exact) mass is 400 g/mol. The molecule has 0 aliphatic heterocycles. The van der Waals surface area contributed by atoms with Crippen LogP contribution in [0.2, 0.25) is 0 Å². The Labute approximate surface area is 164 Å². The van der Waals surface area contributed by atoms with E-state index >= 15 is 0 Å². The highest BCUT2D eigenvalue weighted by Crippen LogP contribution is 2.37. The number of aromatic nitrogens is 3. The van der Waals surface area contributed by atoms with Crippen molar-refractivity contribution < 1.29 is 18.3 Å². The molecule has 2 aromatic heterocycles. The molecule has 8 heteroatoms. The third kappa shape index (κ3) is 3.51. The predicted molar refractivity (Wildman–Crippen MR) is 106 cm³/mol. The Hall–Kier alpha value is -3.13. The standard InChI is InChI=1S/C21H19F3N4O/c1-13-12-26-20-19(25-9-4-10-29)27-17-11-14(7-8-18(17)28(13)20)15-5-2-3-6-16(15)21(22,23)24/h2-3,5-8,11-12,29H,4,9-10H2,1H3,(H,25,27). The molecule has 2 N–H and O–H groups in total. The molecule has 0 bridgehead atoms. The number of nitrogens with one attached hydrogen (secondary N) is 1. The fourth-order valence-corrected chi connectivity index (χ4v) is 3.43. The van der Waals surface area contributed by atoms with Gasteiger partial charge in [0.25, 0.3) is 0 Å². The Morgan fingerprint density at radius 2 is 1.93 bits per heavy atom. The van der Waals surface area contributed by atoms with Crippen molar-refractivity contribution >= 4 is 22.5 Å². The molecule has 0 saturated heterocycles. The van der Waals surface area contributed by atoms with Gasteiger partial charge in [-0.25, -0.2) is 9.97 Å². The Balaban J connectivity index is 1.91. The lowest BCUT2D eigenvalue weighted by Crippen LogP contribution is -2.08. The molecular formula is C21H19F3N4O. The molecule has 29 heavy (non-hydrogen) atoms. The van der Waals surface area contributed by atoms with Gasteiger partial charge in [0.1, 0.15) is 0 Å². The zero-order valence-corrected chi connectivity index (χ0v) is 15.7. The molecule has 0 fully saturated rings. The van der Waals surface area contributed by atoms with E-state index in [0.717, 1.165) is 17.3 Å². The van der Waals surface area contributed by atoms with E-state index in [1.54, 1.807) is 30.5 Å². The SMILES string of the molecule is Cc1cnc2c(NCCCO)nc3cc(-c4ccccc4C(F)(F)F)ccc3n12. The van der Waals surface area contributed by atoms with Crippen LogP contribution < -0.4 is 5.32 Å². The van der Waals surface area contributed by atoms with E-state index in [1.165, 1.54) is 12.1 Å². The first-order chi connectivity index (χ1) is 13.9. The number of halogens is 3. The van der Waals surface area contributed by atoms with E-state index in [1.807, 2.05) is 11.3 Å². The summed E-state index contributed by atoms with van der Waals surface area (Å²) < 4.78 is 42.3. The summed E-state index contributed by atoms with van der Waals surface area (Å²) in [4.78, 5) is 9.01. The van der Waals surface area contributed by atoms with Gasteiger partial charge in [-0.05, 0) is 42.7 Å². The molecule has 4 rings (SSSR count). The highest BCUT2D eigenvalue weighted by Gasteiger charge is 2.33. The number of aliphatic hydroxyl groups is 1. The summed E-state index contributed by atoms with van der Waals surface area (Å²) in [5.41, 5.74) is 2.71. The Bertz CT molecular complexity index is 1180. The molecular weight excluding hydrogens is 381 g/mol. The van der Waals surface area contributed by atoms with E-state index in [4.69, 9.17) is 5.11 Å². The summed E-state index contributed by atoms with van der Waals surface area (Å²) in [6.07, 6.45) is -2.17. The van der Waals surface area contributed by atoms with Crippen molar-refractivity contribution in [2.45, 2.75) is 19.5 Å². The first-order valence-electron chi connectivity index (χ1n) is 9.19. The Morgan fingerprint density at radius 3 is 2.69 bits per heavy atom. The van der Waals surface area contributed by atoms with Gasteiger partial charge < -0.3 is 10.4 Å². The Morgan fingerprint density at radius 1 is 1.14 bits per heavy atom. The lowest BCUT2D eigenvalue weighted by molar-refractivity contribution is -0.137. The van der Waals surface area contributed by atoms with Crippen LogP contribution in [0.15, 0.2) is 48.7 Å².